The number of carbonyl (C=O) groups excluding carboxylic acids is 1. The molecule has 2 heterocycles. The van der Waals surface area contributed by atoms with Crippen molar-refractivity contribution in [3.8, 4) is 0 Å². The average molecular weight is 478 g/mol. The Morgan fingerprint density at radius 3 is 2.62 bits per heavy atom. The van der Waals surface area contributed by atoms with E-state index in [1.807, 2.05) is 0 Å². The van der Waals surface area contributed by atoms with E-state index in [1.165, 1.54) is 30.0 Å². The van der Waals surface area contributed by atoms with Gasteiger partial charge in [0.2, 0.25) is 5.91 Å². The highest BCUT2D eigenvalue weighted by atomic mass is 79.9. The molecule has 0 saturated carbocycles. The molecule has 1 aromatic heterocycles. The van der Waals surface area contributed by atoms with Crippen molar-refractivity contribution in [2.24, 2.45) is 0 Å². The number of amides is 1. The molecule has 3 aromatic rings. The van der Waals surface area contributed by atoms with Gasteiger partial charge in [0.1, 0.15) is 17.5 Å². The summed E-state index contributed by atoms with van der Waals surface area (Å²) in [7, 11) is 0. The molecule has 1 atom stereocenters. The Balaban J connectivity index is 1.65. The molecule has 5 nitrogen and oxygen atoms in total. The van der Waals surface area contributed by atoms with E-state index in [2.05, 4.69) is 31.2 Å². The molecule has 1 aliphatic heterocycles. The van der Waals surface area contributed by atoms with Gasteiger partial charge in [-0.2, -0.15) is 0 Å². The minimum atomic E-state index is -0.525. The number of nitrogens with one attached hydrogen (secondary N) is 2. The summed E-state index contributed by atoms with van der Waals surface area (Å²) in [4.78, 5) is 32.1. The lowest BCUT2D eigenvalue weighted by molar-refractivity contribution is -0.116. The van der Waals surface area contributed by atoms with Gasteiger partial charge in [0.05, 0.1) is 10.0 Å². The first-order chi connectivity index (χ1) is 13.9. The molecule has 4 rings (SSSR count). The third-order valence-electron chi connectivity index (χ3n) is 4.56. The molecule has 148 valence electrons. The number of aromatic nitrogens is 2. The number of thioether (sulfide) groups is 1. The minimum absolute atomic E-state index is 0.0674. The van der Waals surface area contributed by atoms with Gasteiger partial charge in [-0.25, -0.2) is 13.8 Å². The van der Waals surface area contributed by atoms with E-state index < -0.39 is 11.7 Å². The van der Waals surface area contributed by atoms with Crippen LogP contribution in [0.25, 0.3) is 0 Å². The molecule has 9 heteroatoms. The van der Waals surface area contributed by atoms with Gasteiger partial charge in [0.25, 0.3) is 5.56 Å². The molecule has 0 unspecified atom stereocenters. The maximum absolute atomic E-state index is 13.6. The fraction of sp³-hybridized carbons (Fsp3) is 0.150. The molecule has 1 aliphatic rings. The molecule has 0 radical (unpaired) electrons. The molecule has 0 bridgehead atoms. The van der Waals surface area contributed by atoms with Gasteiger partial charge < -0.3 is 10.3 Å². The zero-order chi connectivity index (χ0) is 20.5. The summed E-state index contributed by atoms with van der Waals surface area (Å²) in [6.45, 7) is 0. The van der Waals surface area contributed by atoms with Gasteiger partial charge in [-0.3, -0.25) is 9.59 Å². The molecular weight excluding hydrogens is 464 g/mol. The fourth-order valence-corrected chi connectivity index (χ4v) is 4.38. The van der Waals surface area contributed by atoms with Gasteiger partial charge in [-0.05, 0) is 51.3 Å². The molecule has 2 N–H and O–H groups in total. The topological polar surface area (TPSA) is 74.8 Å². The van der Waals surface area contributed by atoms with E-state index in [0.717, 1.165) is 5.56 Å². The number of hydrogen-bond donors (Lipinski definition) is 2. The Bertz CT molecular complexity index is 1150. The average Bonchev–Trinajstić information content (AvgIpc) is 2.68. The van der Waals surface area contributed by atoms with Crippen molar-refractivity contribution in [3.05, 3.63) is 85.6 Å². The monoisotopic (exact) mass is 477 g/mol. The van der Waals surface area contributed by atoms with Gasteiger partial charge in [-0.1, -0.05) is 30.0 Å². The Morgan fingerprint density at radius 2 is 1.90 bits per heavy atom. The van der Waals surface area contributed by atoms with E-state index in [0.29, 0.717) is 22.0 Å². The van der Waals surface area contributed by atoms with Crippen molar-refractivity contribution in [3.63, 3.8) is 0 Å². The Morgan fingerprint density at radius 1 is 1.14 bits per heavy atom. The first-order valence-corrected chi connectivity index (χ1v) is 10.4. The van der Waals surface area contributed by atoms with Crippen LogP contribution in [-0.4, -0.2) is 15.9 Å². The summed E-state index contributed by atoms with van der Waals surface area (Å²) in [5.74, 6) is -0.853. The molecule has 29 heavy (non-hydrogen) atoms. The SMILES string of the molecule is O=C1C[C@@H](c2ccc(F)c(Br)c2)c2c(nc(SCc3ccc(F)cc3)[nH]c2=O)N1. The minimum Gasteiger partial charge on any atom is -0.310 e. The largest absolute Gasteiger partial charge is 0.310 e. The molecule has 0 saturated heterocycles. The molecule has 0 aliphatic carbocycles. The summed E-state index contributed by atoms with van der Waals surface area (Å²) in [6, 6.07) is 10.5. The maximum atomic E-state index is 13.6. The van der Waals surface area contributed by atoms with Crippen molar-refractivity contribution < 1.29 is 13.6 Å². The second-order valence-electron chi connectivity index (χ2n) is 6.53. The van der Waals surface area contributed by atoms with E-state index in [9.17, 15) is 18.4 Å². The Labute approximate surface area is 177 Å². The van der Waals surface area contributed by atoms with Crippen LogP contribution in [0.3, 0.4) is 0 Å². The van der Waals surface area contributed by atoms with Gasteiger partial charge in [0, 0.05) is 18.1 Å². The van der Waals surface area contributed by atoms with Crippen LogP contribution in [-0.2, 0) is 10.5 Å². The fourth-order valence-electron chi connectivity index (χ4n) is 3.17. The van der Waals surface area contributed by atoms with Gasteiger partial charge in [-0.15, -0.1) is 0 Å². The lowest BCUT2D eigenvalue weighted by Crippen LogP contribution is -2.31. The summed E-state index contributed by atoms with van der Waals surface area (Å²) in [5.41, 5.74) is 1.50. The Kier molecular flexibility index (Phi) is 5.51. The number of nitrogens with zero attached hydrogens (tertiary/aromatic N) is 1. The number of H-pyrrole nitrogens is 1. The molecule has 2 aromatic carbocycles. The highest BCUT2D eigenvalue weighted by Crippen LogP contribution is 2.36. The smallest absolute Gasteiger partial charge is 0.257 e. The zero-order valence-electron chi connectivity index (χ0n) is 14.8. The van der Waals surface area contributed by atoms with Crippen LogP contribution in [0.2, 0.25) is 0 Å². The summed E-state index contributed by atoms with van der Waals surface area (Å²) in [5, 5.41) is 3.00. The van der Waals surface area contributed by atoms with Crippen molar-refractivity contribution >= 4 is 39.4 Å². The number of halogens is 3. The van der Waals surface area contributed by atoms with Gasteiger partial charge in [0.15, 0.2) is 5.16 Å². The van der Waals surface area contributed by atoms with Crippen LogP contribution in [0.4, 0.5) is 14.6 Å². The van der Waals surface area contributed by atoms with E-state index in [1.54, 1.807) is 24.3 Å². The second-order valence-corrected chi connectivity index (χ2v) is 8.35. The lowest BCUT2D eigenvalue weighted by Gasteiger charge is -2.24. The standard InChI is InChI=1S/C20H14BrF2N3O2S/c21-14-7-11(3-6-15(14)23)13-8-16(27)24-18-17(13)19(28)26-20(25-18)29-9-10-1-4-12(22)5-2-10/h1-7,13H,8-9H2,(H2,24,25,26,27,28)/t13-/m0/s1. The molecule has 1 amide bonds. The molecular formula is C20H14BrF2N3O2S. The first kappa shape index (κ1) is 19.8. The summed E-state index contributed by atoms with van der Waals surface area (Å²) in [6.07, 6.45) is 0.0674. The van der Waals surface area contributed by atoms with Crippen molar-refractivity contribution in [1.82, 2.24) is 9.97 Å². The Hall–Kier alpha value is -2.52. The summed E-state index contributed by atoms with van der Waals surface area (Å²) < 4.78 is 26.9. The van der Waals surface area contributed by atoms with Crippen molar-refractivity contribution in [2.75, 3.05) is 5.32 Å². The quantitative estimate of drug-likeness (QED) is 0.426. The summed E-state index contributed by atoms with van der Waals surface area (Å²) >= 11 is 4.41. The zero-order valence-corrected chi connectivity index (χ0v) is 17.2. The van der Waals surface area contributed by atoms with Crippen molar-refractivity contribution in [1.29, 1.82) is 0 Å². The third-order valence-corrected chi connectivity index (χ3v) is 6.12. The highest BCUT2D eigenvalue weighted by Gasteiger charge is 2.31. The lowest BCUT2D eigenvalue weighted by atomic mass is 9.87. The maximum Gasteiger partial charge on any atom is 0.257 e. The predicted molar refractivity (Wildman–Crippen MR) is 110 cm³/mol. The number of benzene rings is 2. The van der Waals surface area contributed by atoms with E-state index in [-0.39, 0.29) is 34.0 Å². The highest BCUT2D eigenvalue weighted by molar-refractivity contribution is 9.10. The van der Waals surface area contributed by atoms with Crippen LogP contribution < -0.4 is 10.9 Å². The number of aromatic amines is 1. The van der Waals surface area contributed by atoms with Crippen LogP contribution in [0.15, 0.2) is 56.9 Å². The third kappa shape index (κ3) is 4.25. The molecule has 0 spiro atoms. The number of hydrogen-bond acceptors (Lipinski definition) is 4. The van der Waals surface area contributed by atoms with E-state index in [4.69, 9.17) is 0 Å². The van der Waals surface area contributed by atoms with Crippen LogP contribution in [0.1, 0.15) is 29.0 Å². The van der Waals surface area contributed by atoms with Crippen LogP contribution in [0.5, 0.6) is 0 Å². The normalized spacial score (nSPS) is 15.7. The number of carbonyl (C=O) groups is 1. The first-order valence-electron chi connectivity index (χ1n) is 8.67. The van der Waals surface area contributed by atoms with Gasteiger partial charge >= 0.3 is 0 Å². The van der Waals surface area contributed by atoms with Crippen LogP contribution in [0, 0.1) is 11.6 Å². The second kappa shape index (κ2) is 8.08. The predicted octanol–water partition coefficient (Wildman–Crippen LogP) is 4.58. The molecule has 0 fully saturated rings. The van der Waals surface area contributed by atoms with E-state index >= 15 is 0 Å². The van der Waals surface area contributed by atoms with Crippen molar-refractivity contribution in [2.45, 2.75) is 23.2 Å². The number of fused-ring (bicyclic) bond motifs is 1. The number of anilines is 1. The van der Waals surface area contributed by atoms with Crippen LogP contribution >= 0.6 is 27.7 Å². The number of rotatable bonds is 4.